The zero-order chi connectivity index (χ0) is 29.2. The third-order valence-electron chi connectivity index (χ3n) is 6.13. The number of ether oxygens (including phenoxy) is 1. The van der Waals surface area contributed by atoms with E-state index in [1.54, 1.807) is 56.0 Å². The highest BCUT2D eigenvalue weighted by Crippen LogP contribution is 2.37. The molecule has 1 aliphatic heterocycles. The van der Waals surface area contributed by atoms with E-state index in [9.17, 15) is 14.4 Å². The number of alkyl carbamates (subject to hydrolysis) is 1. The topological polar surface area (TPSA) is 102 Å². The standard InChI is InChI=1S/C30H34ClN3O5S/c1-29(2,3)26-15-21(33-39-26)14-24(35)19-9-12-25-23(13-19)34(16-18-7-10-20(31)11-8-18)27(36)22(17-40-25)32-28(37)38-30(4,5)6/h7-13,15,22H,14,16-17H2,1-6H3,(H,32,37)/t22-/m0/s1. The molecule has 0 saturated heterocycles. The molecular formula is C30H34ClN3O5S. The Hall–Kier alpha value is -3.30. The Bertz CT molecular complexity index is 1410. The molecule has 4 rings (SSSR count). The van der Waals surface area contributed by atoms with Crippen LogP contribution in [-0.2, 0) is 27.9 Å². The average Bonchev–Trinajstić information content (AvgIpc) is 3.29. The van der Waals surface area contributed by atoms with E-state index in [1.807, 2.05) is 39.0 Å². The van der Waals surface area contributed by atoms with Crippen LogP contribution in [0.1, 0.15) is 68.9 Å². The first-order chi connectivity index (χ1) is 18.7. The average molecular weight is 584 g/mol. The number of amides is 2. The lowest BCUT2D eigenvalue weighted by Gasteiger charge is -2.27. The van der Waals surface area contributed by atoms with Gasteiger partial charge in [0.25, 0.3) is 5.91 Å². The van der Waals surface area contributed by atoms with Crippen LogP contribution in [-0.4, -0.2) is 40.3 Å². The van der Waals surface area contributed by atoms with E-state index in [0.29, 0.717) is 33.5 Å². The maximum atomic E-state index is 13.9. The van der Waals surface area contributed by atoms with Crippen molar-refractivity contribution in [1.82, 2.24) is 10.5 Å². The SMILES string of the molecule is CC(C)(C)OC(=O)N[C@H]1CSc2ccc(C(=O)Cc3cc(C(C)(C)C)on3)cc2N(Cc2ccc(Cl)cc2)C1=O. The zero-order valence-electron chi connectivity index (χ0n) is 23.5. The lowest BCUT2D eigenvalue weighted by Crippen LogP contribution is -2.50. The van der Waals surface area contributed by atoms with Crippen molar-refractivity contribution >= 4 is 46.8 Å². The summed E-state index contributed by atoms with van der Waals surface area (Å²) in [6.45, 7) is 11.6. The number of carbonyl (C=O) groups excluding carboxylic acids is 3. The number of nitrogens with one attached hydrogen (secondary N) is 1. The molecule has 40 heavy (non-hydrogen) atoms. The van der Waals surface area contributed by atoms with Crippen molar-refractivity contribution in [1.29, 1.82) is 0 Å². The predicted octanol–water partition coefficient (Wildman–Crippen LogP) is 6.58. The molecule has 8 nitrogen and oxygen atoms in total. The molecule has 0 fully saturated rings. The van der Waals surface area contributed by atoms with Gasteiger partial charge in [0.15, 0.2) is 5.78 Å². The van der Waals surface area contributed by atoms with Gasteiger partial charge in [-0.15, -0.1) is 11.8 Å². The van der Waals surface area contributed by atoms with Crippen LogP contribution in [0.2, 0.25) is 5.02 Å². The summed E-state index contributed by atoms with van der Waals surface area (Å²) in [7, 11) is 0. The molecule has 0 bridgehead atoms. The van der Waals surface area contributed by atoms with Crippen molar-refractivity contribution < 1.29 is 23.6 Å². The van der Waals surface area contributed by atoms with E-state index in [-0.39, 0.29) is 30.1 Å². The van der Waals surface area contributed by atoms with Gasteiger partial charge < -0.3 is 19.5 Å². The molecule has 0 aliphatic carbocycles. The molecule has 2 amide bonds. The maximum Gasteiger partial charge on any atom is 0.408 e. The van der Waals surface area contributed by atoms with Crippen molar-refractivity contribution in [2.75, 3.05) is 10.7 Å². The van der Waals surface area contributed by atoms with Gasteiger partial charge in [0.05, 0.1) is 24.3 Å². The van der Waals surface area contributed by atoms with Crippen LogP contribution >= 0.6 is 23.4 Å². The van der Waals surface area contributed by atoms with E-state index < -0.39 is 17.7 Å². The van der Waals surface area contributed by atoms with Crippen LogP contribution in [0.5, 0.6) is 0 Å². The van der Waals surface area contributed by atoms with E-state index in [2.05, 4.69) is 10.5 Å². The van der Waals surface area contributed by atoms with Crippen molar-refractivity contribution in [3.05, 3.63) is 76.1 Å². The number of benzene rings is 2. The number of Topliss-reactive ketones (excluding diaryl/α,β-unsaturated/α-hetero) is 1. The first kappa shape index (κ1) is 29.7. The Kier molecular flexibility index (Phi) is 8.66. The summed E-state index contributed by atoms with van der Waals surface area (Å²) in [6, 6.07) is 13.5. The number of thioether (sulfide) groups is 1. The molecule has 1 atom stereocenters. The van der Waals surface area contributed by atoms with Crippen molar-refractivity contribution in [3.8, 4) is 0 Å². The van der Waals surface area contributed by atoms with Crippen LogP contribution < -0.4 is 10.2 Å². The number of fused-ring (bicyclic) bond motifs is 1. The first-order valence-electron chi connectivity index (χ1n) is 13.0. The molecule has 212 valence electrons. The summed E-state index contributed by atoms with van der Waals surface area (Å²) in [5, 5.41) is 7.39. The minimum Gasteiger partial charge on any atom is -0.444 e. The minimum absolute atomic E-state index is 0.0689. The number of aromatic nitrogens is 1. The number of nitrogens with zero attached hydrogens (tertiary/aromatic N) is 2. The number of anilines is 1. The number of hydrogen-bond acceptors (Lipinski definition) is 7. The second-order valence-electron chi connectivity index (χ2n) is 11.8. The van der Waals surface area contributed by atoms with Crippen LogP contribution in [0.3, 0.4) is 0 Å². The van der Waals surface area contributed by atoms with Gasteiger partial charge in [0.2, 0.25) is 0 Å². The fourth-order valence-electron chi connectivity index (χ4n) is 4.08. The number of hydrogen-bond donors (Lipinski definition) is 1. The fraction of sp³-hybridized carbons (Fsp3) is 0.400. The van der Waals surface area contributed by atoms with Gasteiger partial charge in [-0.1, -0.05) is 55.7 Å². The molecule has 3 aromatic rings. The Balaban J connectivity index is 1.64. The molecule has 1 aliphatic rings. The van der Waals surface area contributed by atoms with Crippen LogP contribution in [0.25, 0.3) is 0 Å². The number of rotatable bonds is 6. The highest BCUT2D eigenvalue weighted by Gasteiger charge is 2.34. The molecule has 10 heteroatoms. The summed E-state index contributed by atoms with van der Waals surface area (Å²) >= 11 is 7.51. The summed E-state index contributed by atoms with van der Waals surface area (Å²) in [5.41, 5.74) is 1.52. The van der Waals surface area contributed by atoms with E-state index >= 15 is 0 Å². The molecule has 2 heterocycles. The van der Waals surface area contributed by atoms with Gasteiger partial charge in [0.1, 0.15) is 17.4 Å². The third kappa shape index (κ3) is 7.46. The Morgan fingerprint density at radius 1 is 1.10 bits per heavy atom. The monoisotopic (exact) mass is 583 g/mol. The van der Waals surface area contributed by atoms with Crippen LogP contribution in [0, 0.1) is 0 Å². The second-order valence-corrected chi connectivity index (χ2v) is 13.3. The van der Waals surface area contributed by atoms with Crippen molar-refractivity contribution in [2.24, 2.45) is 0 Å². The normalized spacial score (nSPS) is 15.8. The fourth-order valence-corrected chi connectivity index (χ4v) is 5.26. The van der Waals surface area contributed by atoms with Gasteiger partial charge in [-0.25, -0.2) is 4.79 Å². The molecule has 0 unspecified atom stereocenters. The van der Waals surface area contributed by atoms with E-state index in [0.717, 1.165) is 10.5 Å². The summed E-state index contributed by atoms with van der Waals surface area (Å²) < 4.78 is 10.8. The Morgan fingerprint density at radius 3 is 2.42 bits per heavy atom. The maximum absolute atomic E-state index is 13.9. The molecular weight excluding hydrogens is 550 g/mol. The van der Waals surface area contributed by atoms with Crippen LogP contribution in [0.15, 0.2) is 57.9 Å². The zero-order valence-corrected chi connectivity index (χ0v) is 25.1. The summed E-state index contributed by atoms with van der Waals surface area (Å²) in [6.07, 6.45) is -0.596. The number of ketones is 1. The van der Waals surface area contributed by atoms with Crippen LogP contribution in [0.4, 0.5) is 10.5 Å². The van der Waals surface area contributed by atoms with E-state index in [1.165, 1.54) is 11.8 Å². The lowest BCUT2D eigenvalue weighted by atomic mass is 9.93. The molecule has 0 spiro atoms. The summed E-state index contributed by atoms with van der Waals surface area (Å²) in [5.74, 6) is 0.567. The smallest absolute Gasteiger partial charge is 0.408 e. The molecule has 1 aromatic heterocycles. The van der Waals surface area contributed by atoms with Gasteiger partial charge >= 0.3 is 6.09 Å². The highest BCUT2D eigenvalue weighted by molar-refractivity contribution is 7.99. The molecule has 1 N–H and O–H groups in total. The minimum atomic E-state index is -0.829. The van der Waals surface area contributed by atoms with E-state index in [4.69, 9.17) is 20.9 Å². The van der Waals surface area contributed by atoms with Gasteiger partial charge in [-0.3, -0.25) is 9.59 Å². The van der Waals surface area contributed by atoms with Gasteiger partial charge in [-0.2, -0.15) is 0 Å². The quantitative estimate of drug-likeness (QED) is 0.327. The largest absolute Gasteiger partial charge is 0.444 e. The van der Waals surface area contributed by atoms with Crippen molar-refractivity contribution in [3.63, 3.8) is 0 Å². The van der Waals surface area contributed by atoms with Crippen molar-refractivity contribution in [2.45, 2.75) is 76.5 Å². The molecule has 0 radical (unpaired) electrons. The Labute approximate surface area is 243 Å². The predicted molar refractivity (Wildman–Crippen MR) is 156 cm³/mol. The third-order valence-corrected chi connectivity index (χ3v) is 7.53. The van der Waals surface area contributed by atoms with Gasteiger partial charge in [-0.05, 0) is 50.6 Å². The number of halogens is 1. The molecule has 0 saturated carbocycles. The molecule has 2 aromatic carbocycles. The highest BCUT2D eigenvalue weighted by atomic mass is 35.5. The number of carbonyl (C=O) groups is 3. The lowest BCUT2D eigenvalue weighted by molar-refractivity contribution is -0.120. The first-order valence-corrected chi connectivity index (χ1v) is 14.4. The second kappa shape index (κ2) is 11.7. The van der Waals surface area contributed by atoms with Gasteiger partial charge in [0, 0.05) is 32.7 Å². The Morgan fingerprint density at radius 2 is 1.80 bits per heavy atom. The summed E-state index contributed by atoms with van der Waals surface area (Å²) in [4.78, 5) is 42.1.